The molecule has 0 fully saturated rings. The summed E-state index contributed by atoms with van der Waals surface area (Å²) in [5.41, 5.74) is 3.46. The van der Waals surface area contributed by atoms with Crippen molar-refractivity contribution in [1.82, 2.24) is 24.7 Å². The molecule has 8 heteroatoms. The summed E-state index contributed by atoms with van der Waals surface area (Å²) in [5, 5.41) is 7.47. The number of hydrogen-bond donors (Lipinski definition) is 3. The Balaban J connectivity index is 2.01. The average Bonchev–Trinajstić information content (AvgIpc) is 2.79. The highest BCUT2D eigenvalue weighted by molar-refractivity contribution is 5.56. The summed E-state index contributed by atoms with van der Waals surface area (Å²) in [4.78, 5) is 12.7. The van der Waals surface area contributed by atoms with Gasteiger partial charge in [0.1, 0.15) is 23.8 Å². The predicted octanol–water partition coefficient (Wildman–Crippen LogP) is 0.162. The van der Waals surface area contributed by atoms with E-state index in [-0.39, 0.29) is 0 Å². The lowest BCUT2D eigenvalue weighted by Gasteiger charge is -2.11. The second-order valence-corrected chi connectivity index (χ2v) is 4.25. The van der Waals surface area contributed by atoms with Gasteiger partial charge in [-0.1, -0.05) is 0 Å². The Hall–Kier alpha value is -2.22. The van der Waals surface area contributed by atoms with Crippen LogP contribution in [0, 0.1) is 13.8 Å². The largest absolute Gasteiger partial charge is 0.369 e. The zero-order valence-electron chi connectivity index (χ0n) is 11.3. The van der Waals surface area contributed by atoms with Gasteiger partial charge in [-0.25, -0.2) is 20.8 Å². The Labute approximate surface area is 111 Å². The average molecular weight is 262 g/mol. The molecule has 0 aliphatic carbocycles. The van der Waals surface area contributed by atoms with E-state index in [1.807, 2.05) is 20.9 Å². The van der Waals surface area contributed by atoms with E-state index in [0.29, 0.717) is 18.2 Å². The van der Waals surface area contributed by atoms with Gasteiger partial charge in [0.05, 0.1) is 0 Å². The number of rotatable bonds is 5. The normalized spacial score (nSPS) is 10.5. The maximum absolute atomic E-state index is 5.42. The molecule has 0 radical (unpaired) electrons. The van der Waals surface area contributed by atoms with Crippen molar-refractivity contribution >= 4 is 11.6 Å². The van der Waals surface area contributed by atoms with Crippen LogP contribution in [-0.2, 0) is 13.5 Å². The summed E-state index contributed by atoms with van der Waals surface area (Å²) in [5.74, 6) is 8.29. The van der Waals surface area contributed by atoms with Gasteiger partial charge in [-0.05, 0) is 13.8 Å². The van der Waals surface area contributed by atoms with Crippen molar-refractivity contribution in [1.29, 1.82) is 0 Å². The van der Waals surface area contributed by atoms with Gasteiger partial charge in [0.2, 0.25) is 0 Å². The molecule has 0 aliphatic rings. The van der Waals surface area contributed by atoms with Crippen LogP contribution in [0.2, 0.25) is 0 Å². The van der Waals surface area contributed by atoms with Crippen molar-refractivity contribution in [2.45, 2.75) is 20.3 Å². The molecule has 0 unspecified atom stereocenters. The minimum absolute atomic E-state index is 0.631. The van der Waals surface area contributed by atoms with Gasteiger partial charge in [-0.15, -0.1) is 0 Å². The zero-order chi connectivity index (χ0) is 13.8. The molecule has 4 N–H and O–H groups in total. The fourth-order valence-electron chi connectivity index (χ4n) is 1.73. The number of nitrogens with one attached hydrogen (secondary N) is 2. The van der Waals surface area contributed by atoms with E-state index in [0.717, 1.165) is 23.6 Å². The molecule has 0 aliphatic heterocycles. The third-order valence-corrected chi connectivity index (χ3v) is 2.68. The standard InChI is InChI=1S/C11H18N8/c1-7-10(15-8(2)16-11(7)17-12)13-5-4-9-14-6-19(3)18-9/h6H,4-5,12H2,1-3H3,(H2,13,15,16,17). The van der Waals surface area contributed by atoms with E-state index in [4.69, 9.17) is 5.84 Å². The SMILES string of the molecule is Cc1nc(NN)c(C)c(NCCc2ncn(C)n2)n1. The molecule has 2 aromatic heterocycles. The topological polar surface area (TPSA) is 107 Å². The lowest BCUT2D eigenvalue weighted by molar-refractivity contribution is 0.741. The molecule has 2 aromatic rings. The van der Waals surface area contributed by atoms with Crippen molar-refractivity contribution in [3.8, 4) is 0 Å². The van der Waals surface area contributed by atoms with Gasteiger partial charge >= 0.3 is 0 Å². The molecule has 0 spiro atoms. The zero-order valence-corrected chi connectivity index (χ0v) is 11.3. The Morgan fingerprint density at radius 1 is 1.26 bits per heavy atom. The molecule has 0 saturated heterocycles. The molecule has 0 atom stereocenters. The molecule has 2 heterocycles. The molecular formula is C11H18N8. The third kappa shape index (κ3) is 3.16. The second-order valence-electron chi connectivity index (χ2n) is 4.25. The van der Waals surface area contributed by atoms with Crippen LogP contribution in [0.15, 0.2) is 6.33 Å². The summed E-state index contributed by atoms with van der Waals surface area (Å²) in [6.45, 7) is 4.44. The van der Waals surface area contributed by atoms with Gasteiger partial charge in [0.25, 0.3) is 0 Å². The predicted molar refractivity (Wildman–Crippen MR) is 72.5 cm³/mol. The molecule has 0 bridgehead atoms. The smallest absolute Gasteiger partial charge is 0.152 e. The summed E-state index contributed by atoms with van der Waals surface area (Å²) in [6, 6.07) is 0. The molecule has 2 rings (SSSR count). The first-order valence-corrected chi connectivity index (χ1v) is 6.00. The first-order valence-electron chi connectivity index (χ1n) is 6.00. The monoisotopic (exact) mass is 262 g/mol. The van der Waals surface area contributed by atoms with Crippen LogP contribution < -0.4 is 16.6 Å². The van der Waals surface area contributed by atoms with Crippen LogP contribution in [0.25, 0.3) is 0 Å². The molecule has 8 nitrogen and oxygen atoms in total. The molecule has 19 heavy (non-hydrogen) atoms. The number of aryl methyl sites for hydroxylation is 2. The minimum atomic E-state index is 0.631. The van der Waals surface area contributed by atoms with Crippen LogP contribution in [-0.4, -0.2) is 31.3 Å². The Morgan fingerprint density at radius 3 is 2.63 bits per heavy atom. The molecule has 0 saturated carbocycles. The van der Waals surface area contributed by atoms with Crippen LogP contribution in [0.5, 0.6) is 0 Å². The van der Waals surface area contributed by atoms with Crippen LogP contribution in [0.3, 0.4) is 0 Å². The summed E-state index contributed by atoms with van der Waals surface area (Å²) >= 11 is 0. The molecule has 0 amide bonds. The number of nitrogens with zero attached hydrogens (tertiary/aromatic N) is 5. The van der Waals surface area contributed by atoms with Gasteiger partial charge in [0, 0.05) is 25.6 Å². The van der Waals surface area contributed by atoms with Gasteiger partial charge in [-0.2, -0.15) is 5.10 Å². The fourth-order valence-corrected chi connectivity index (χ4v) is 1.73. The molecule has 0 aromatic carbocycles. The van der Waals surface area contributed by atoms with E-state index in [2.05, 4.69) is 30.8 Å². The second kappa shape index (κ2) is 5.61. The summed E-state index contributed by atoms with van der Waals surface area (Å²) < 4.78 is 1.69. The Bertz CT molecular complexity index is 562. The summed E-state index contributed by atoms with van der Waals surface area (Å²) in [6.07, 6.45) is 2.42. The van der Waals surface area contributed by atoms with Crippen molar-refractivity contribution < 1.29 is 0 Å². The molecular weight excluding hydrogens is 244 g/mol. The number of hydrogen-bond acceptors (Lipinski definition) is 7. The highest BCUT2D eigenvalue weighted by atomic mass is 15.3. The number of nitrogen functional groups attached to an aromatic ring is 1. The van der Waals surface area contributed by atoms with E-state index < -0.39 is 0 Å². The van der Waals surface area contributed by atoms with Crippen molar-refractivity contribution in [2.24, 2.45) is 12.9 Å². The number of hydrazine groups is 1. The first-order chi connectivity index (χ1) is 9.10. The minimum Gasteiger partial charge on any atom is -0.369 e. The van der Waals surface area contributed by atoms with E-state index >= 15 is 0 Å². The van der Waals surface area contributed by atoms with Crippen LogP contribution >= 0.6 is 0 Å². The van der Waals surface area contributed by atoms with Gasteiger partial charge in [-0.3, -0.25) is 4.68 Å². The van der Waals surface area contributed by atoms with Crippen molar-refractivity contribution in [3.05, 3.63) is 23.5 Å². The van der Waals surface area contributed by atoms with E-state index in [1.54, 1.807) is 11.0 Å². The Kier molecular flexibility index (Phi) is 3.91. The summed E-state index contributed by atoms with van der Waals surface area (Å²) in [7, 11) is 1.85. The van der Waals surface area contributed by atoms with Gasteiger partial charge < -0.3 is 10.7 Å². The fraction of sp³-hybridized carbons (Fsp3) is 0.455. The highest BCUT2D eigenvalue weighted by Crippen LogP contribution is 2.18. The number of nitrogens with two attached hydrogens (primary N) is 1. The lowest BCUT2D eigenvalue weighted by Crippen LogP contribution is -2.15. The van der Waals surface area contributed by atoms with Crippen LogP contribution in [0.1, 0.15) is 17.2 Å². The van der Waals surface area contributed by atoms with Crippen LogP contribution in [0.4, 0.5) is 11.6 Å². The first kappa shape index (κ1) is 13.2. The maximum atomic E-state index is 5.42. The van der Waals surface area contributed by atoms with Crippen molar-refractivity contribution in [2.75, 3.05) is 17.3 Å². The Morgan fingerprint density at radius 2 is 2.00 bits per heavy atom. The third-order valence-electron chi connectivity index (χ3n) is 2.68. The highest BCUT2D eigenvalue weighted by Gasteiger charge is 2.08. The maximum Gasteiger partial charge on any atom is 0.152 e. The quantitative estimate of drug-likeness (QED) is 0.520. The number of anilines is 2. The van der Waals surface area contributed by atoms with E-state index in [9.17, 15) is 0 Å². The molecule has 102 valence electrons. The van der Waals surface area contributed by atoms with Gasteiger partial charge in [0.15, 0.2) is 5.82 Å². The van der Waals surface area contributed by atoms with Crippen molar-refractivity contribution in [3.63, 3.8) is 0 Å². The lowest BCUT2D eigenvalue weighted by atomic mass is 10.3. The number of aromatic nitrogens is 5. The van der Waals surface area contributed by atoms with E-state index in [1.165, 1.54) is 0 Å².